The standard InChI is InChI=1S/C18H24N2O3/c1-14(6-7-16-4-2-12-22-16)19-15-8-10-20(11-9-15)18(21)17-5-3-13-23-17/h2-5,12-15,19H,6-11H2,1H3/t14-/m1/s1. The molecule has 23 heavy (non-hydrogen) atoms. The molecule has 0 saturated carbocycles. The maximum absolute atomic E-state index is 12.2. The van der Waals surface area contributed by atoms with Crippen molar-refractivity contribution < 1.29 is 13.6 Å². The minimum absolute atomic E-state index is 0.000632. The number of piperidine rings is 1. The lowest BCUT2D eigenvalue weighted by molar-refractivity contribution is 0.0670. The number of hydrogen-bond donors (Lipinski definition) is 1. The highest BCUT2D eigenvalue weighted by Crippen LogP contribution is 2.15. The van der Waals surface area contributed by atoms with Crippen molar-refractivity contribution >= 4 is 5.91 Å². The van der Waals surface area contributed by atoms with Gasteiger partial charge in [-0.1, -0.05) is 0 Å². The molecule has 2 aromatic rings. The van der Waals surface area contributed by atoms with E-state index in [9.17, 15) is 4.79 Å². The van der Waals surface area contributed by atoms with E-state index in [-0.39, 0.29) is 5.91 Å². The fourth-order valence-corrected chi connectivity index (χ4v) is 3.10. The monoisotopic (exact) mass is 316 g/mol. The molecule has 5 nitrogen and oxygen atoms in total. The van der Waals surface area contributed by atoms with Gasteiger partial charge in [-0.3, -0.25) is 4.79 Å². The summed E-state index contributed by atoms with van der Waals surface area (Å²) < 4.78 is 10.6. The summed E-state index contributed by atoms with van der Waals surface area (Å²) in [6.45, 7) is 3.77. The molecule has 3 rings (SSSR count). The first-order valence-corrected chi connectivity index (χ1v) is 8.33. The number of furan rings is 2. The van der Waals surface area contributed by atoms with Crippen molar-refractivity contribution in [2.24, 2.45) is 0 Å². The lowest BCUT2D eigenvalue weighted by atomic mass is 10.0. The number of carbonyl (C=O) groups is 1. The third kappa shape index (κ3) is 4.26. The van der Waals surface area contributed by atoms with Gasteiger partial charge < -0.3 is 19.1 Å². The molecule has 1 aliphatic rings. The lowest BCUT2D eigenvalue weighted by Crippen LogP contribution is -2.47. The fraction of sp³-hybridized carbons (Fsp3) is 0.500. The molecule has 1 atom stereocenters. The molecular weight excluding hydrogens is 292 g/mol. The molecule has 0 aromatic carbocycles. The number of nitrogens with zero attached hydrogens (tertiary/aromatic N) is 1. The van der Waals surface area contributed by atoms with Crippen LogP contribution in [0.5, 0.6) is 0 Å². The smallest absolute Gasteiger partial charge is 0.289 e. The average molecular weight is 316 g/mol. The Morgan fingerprint density at radius 3 is 2.65 bits per heavy atom. The summed E-state index contributed by atoms with van der Waals surface area (Å²) in [5, 5.41) is 3.67. The number of likely N-dealkylation sites (tertiary alicyclic amines) is 1. The van der Waals surface area contributed by atoms with Crippen LogP contribution in [0, 0.1) is 0 Å². The van der Waals surface area contributed by atoms with E-state index in [2.05, 4.69) is 12.2 Å². The van der Waals surface area contributed by atoms with Crippen molar-refractivity contribution in [2.45, 2.75) is 44.7 Å². The van der Waals surface area contributed by atoms with Crippen LogP contribution in [0.25, 0.3) is 0 Å². The van der Waals surface area contributed by atoms with Gasteiger partial charge in [0.2, 0.25) is 0 Å². The van der Waals surface area contributed by atoms with Crippen LogP contribution in [-0.4, -0.2) is 36.0 Å². The van der Waals surface area contributed by atoms with Crippen molar-refractivity contribution in [3.05, 3.63) is 48.3 Å². The van der Waals surface area contributed by atoms with Crippen molar-refractivity contribution in [1.82, 2.24) is 10.2 Å². The van der Waals surface area contributed by atoms with Crippen LogP contribution < -0.4 is 5.32 Å². The summed E-state index contributed by atoms with van der Waals surface area (Å²) in [5.41, 5.74) is 0. The molecule has 0 radical (unpaired) electrons. The Bertz CT molecular complexity index is 584. The zero-order valence-electron chi connectivity index (χ0n) is 13.5. The van der Waals surface area contributed by atoms with E-state index >= 15 is 0 Å². The highest BCUT2D eigenvalue weighted by Gasteiger charge is 2.25. The number of hydrogen-bond acceptors (Lipinski definition) is 4. The van der Waals surface area contributed by atoms with Crippen molar-refractivity contribution in [3.8, 4) is 0 Å². The third-order valence-electron chi connectivity index (χ3n) is 4.44. The van der Waals surface area contributed by atoms with E-state index in [1.165, 1.54) is 0 Å². The number of rotatable bonds is 6. The van der Waals surface area contributed by atoms with Gasteiger partial charge in [-0.15, -0.1) is 0 Å². The van der Waals surface area contributed by atoms with Gasteiger partial charge in [0.05, 0.1) is 12.5 Å². The summed E-state index contributed by atoms with van der Waals surface area (Å²) in [6.07, 6.45) is 7.24. The molecule has 0 spiro atoms. The number of carbonyl (C=O) groups excluding carboxylic acids is 1. The largest absolute Gasteiger partial charge is 0.469 e. The SMILES string of the molecule is C[C@H](CCc1ccco1)NC1CCN(C(=O)c2ccco2)CC1. The number of amides is 1. The zero-order chi connectivity index (χ0) is 16.1. The van der Waals surface area contributed by atoms with Gasteiger partial charge in [0, 0.05) is 31.6 Å². The molecule has 1 saturated heterocycles. The summed E-state index contributed by atoms with van der Waals surface area (Å²) >= 11 is 0. The first-order valence-electron chi connectivity index (χ1n) is 8.33. The molecule has 0 unspecified atom stereocenters. The summed E-state index contributed by atoms with van der Waals surface area (Å²) in [5.74, 6) is 1.47. The van der Waals surface area contributed by atoms with Gasteiger partial charge in [-0.2, -0.15) is 0 Å². The van der Waals surface area contributed by atoms with Crippen LogP contribution in [0.4, 0.5) is 0 Å². The van der Waals surface area contributed by atoms with Crippen LogP contribution in [0.2, 0.25) is 0 Å². The topological polar surface area (TPSA) is 58.6 Å². The van der Waals surface area contributed by atoms with Gasteiger partial charge in [0.15, 0.2) is 5.76 Å². The number of aryl methyl sites for hydroxylation is 1. The van der Waals surface area contributed by atoms with Crippen molar-refractivity contribution in [2.75, 3.05) is 13.1 Å². The Hall–Kier alpha value is -2.01. The molecule has 1 fully saturated rings. The molecule has 124 valence electrons. The Morgan fingerprint density at radius 1 is 1.26 bits per heavy atom. The van der Waals surface area contributed by atoms with Gasteiger partial charge in [0.1, 0.15) is 5.76 Å². The highest BCUT2D eigenvalue weighted by atomic mass is 16.3. The van der Waals surface area contributed by atoms with Crippen LogP contribution in [0.1, 0.15) is 42.5 Å². The zero-order valence-corrected chi connectivity index (χ0v) is 13.5. The van der Waals surface area contributed by atoms with Crippen LogP contribution >= 0.6 is 0 Å². The second kappa shape index (κ2) is 7.51. The van der Waals surface area contributed by atoms with Crippen LogP contribution in [0.15, 0.2) is 45.6 Å². The summed E-state index contributed by atoms with van der Waals surface area (Å²) in [4.78, 5) is 14.1. The number of nitrogens with one attached hydrogen (secondary N) is 1. The second-order valence-electron chi connectivity index (χ2n) is 6.23. The Balaban J connectivity index is 1.39. The summed E-state index contributed by atoms with van der Waals surface area (Å²) in [7, 11) is 0. The Morgan fingerprint density at radius 2 is 2.00 bits per heavy atom. The van der Waals surface area contributed by atoms with E-state index < -0.39 is 0 Å². The molecule has 1 amide bonds. The Labute approximate surface area is 136 Å². The first kappa shape index (κ1) is 15.9. The summed E-state index contributed by atoms with van der Waals surface area (Å²) in [6, 6.07) is 8.34. The van der Waals surface area contributed by atoms with Crippen molar-refractivity contribution in [1.29, 1.82) is 0 Å². The molecule has 3 heterocycles. The van der Waals surface area contributed by atoms with Gasteiger partial charge >= 0.3 is 0 Å². The minimum atomic E-state index is -0.000632. The van der Waals surface area contributed by atoms with Gasteiger partial charge in [0.25, 0.3) is 5.91 Å². The fourth-order valence-electron chi connectivity index (χ4n) is 3.10. The molecule has 1 aliphatic heterocycles. The van der Waals surface area contributed by atoms with Crippen molar-refractivity contribution in [3.63, 3.8) is 0 Å². The molecule has 2 aromatic heterocycles. The van der Waals surface area contributed by atoms with E-state index in [0.717, 1.165) is 44.5 Å². The molecule has 0 bridgehead atoms. The highest BCUT2D eigenvalue weighted by molar-refractivity contribution is 5.91. The Kier molecular flexibility index (Phi) is 5.18. The van der Waals surface area contributed by atoms with E-state index in [1.54, 1.807) is 24.7 Å². The molecule has 5 heteroatoms. The predicted octanol–water partition coefficient (Wildman–Crippen LogP) is 3.09. The first-order chi connectivity index (χ1) is 11.2. The van der Waals surface area contributed by atoms with Crippen LogP contribution in [-0.2, 0) is 6.42 Å². The third-order valence-corrected chi connectivity index (χ3v) is 4.44. The molecule has 0 aliphatic carbocycles. The van der Waals surface area contributed by atoms with E-state index in [0.29, 0.717) is 17.8 Å². The molecular formula is C18H24N2O3. The van der Waals surface area contributed by atoms with E-state index in [4.69, 9.17) is 8.83 Å². The maximum Gasteiger partial charge on any atom is 0.289 e. The predicted molar refractivity (Wildman–Crippen MR) is 87.3 cm³/mol. The maximum atomic E-state index is 12.2. The molecule has 1 N–H and O–H groups in total. The lowest BCUT2D eigenvalue weighted by Gasteiger charge is -2.33. The van der Waals surface area contributed by atoms with Gasteiger partial charge in [-0.25, -0.2) is 0 Å². The minimum Gasteiger partial charge on any atom is -0.469 e. The second-order valence-corrected chi connectivity index (χ2v) is 6.23. The van der Waals surface area contributed by atoms with E-state index in [1.807, 2.05) is 17.0 Å². The average Bonchev–Trinajstić information content (AvgIpc) is 3.26. The quantitative estimate of drug-likeness (QED) is 0.890. The van der Waals surface area contributed by atoms with Gasteiger partial charge in [-0.05, 0) is 50.5 Å². The normalized spacial score (nSPS) is 17.3. The van der Waals surface area contributed by atoms with Crippen LogP contribution in [0.3, 0.4) is 0 Å².